The average molecular weight is 373 g/mol. The van der Waals surface area contributed by atoms with Crippen LogP contribution < -0.4 is 19.5 Å². The van der Waals surface area contributed by atoms with E-state index in [1.807, 2.05) is 30.3 Å². The number of esters is 1. The summed E-state index contributed by atoms with van der Waals surface area (Å²) in [5.74, 6) is 0.688. The van der Waals surface area contributed by atoms with Gasteiger partial charge in [-0.3, -0.25) is 4.79 Å². The maximum Gasteiger partial charge on any atom is 0.340 e. The molecule has 0 heterocycles. The van der Waals surface area contributed by atoms with Crippen LogP contribution in [0.5, 0.6) is 17.2 Å². The van der Waals surface area contributed by atoms with E-state index in [0.717, 1.165) is 5.75 Å². The Bertz CT molecular complexity index is 776. The molecule has 2 aromatic rings. The summed E-state index contributed by atoms with van der Waals surface area (Å²) < 4.78 is 20.8. The second kappa shape index (κ2) is 10.1. The third-order valence-corrected chi connectivity index (χ3v) is 3.76. The summed E-state index contributed by atoms with van der Waals surface area (Å²) in [6.45, 7) is 0.410. The summed E-state index contributed by atoms with van der Waals surface area (Å²) in [5, 5.41) is 2.72. The molecule has 0 saturated heterocycles. The third-order valence-electron chi connectivity index (χ3n) is 3.76. The number of anilines is 1. The molecule has 0 aliphatic rings. The standard InChI is InChI=1S/C20H23NO6/c1-24-17-12-15(20(23)26-3)16(13-18(17)25-2)21-19(22)10-7-11-27-14-8-5-4-6-9-14/h4-6,8-9,12-13H,7,10-11H2,1-3H3,(H,21,22). The van der Waals surface area contributed by atoms with Gasteiger partial charge >= 0.3 is 5.97 Å². The van der Waals surface area contributed by atoms with Gasteiger partial charge in [0.1, 0.15) is 5.75 Å². The Morgan fingerprint density at radius 3 is 2.26 bits per heavy atom. The van der Waals surface area contributed by atoms with Crippen LogP contribution in [0.15, 0.2) is 42.5 Å². The Labute approximate surface area is 158 Å². The first-order chi connectivity index (χ1) is 13.1. The number of carbonyl (C=O) groups excluding carboxylic acids is 2. The molecule has 0 atom stereocenters. The van der Waals surface area contributed by atoms with Crippen LogP contribution in [0.4, 0.5) is 5.69 Å². The van der Waals surface area contributed by atoms with E-state index in [2.05, 4.69) is 5.32 Å². The quantitative estimate of drug-likeness (QED) is 0.536. The fraction of sp³-hybridized carbons (Fsp3) is 0.300. The molecule has 0 aliphatic carbocycles. The average Bonchev–Trinajstić information content (AvgIpc) is 2.71. The van der Waals surface area contributed by atoms with Crippen LogP contribution in [0.1, 0.15) is 23.2 Å². The zero-order chi connectivity index (χ0) is 19.6. The SMILES string of the molecule is COC(=O)c1cc(OC)c(OC)cc1NC(=O)CCCOc1ccccc1. The van der Waals surface area contributed by atoms with E-state index in [1.54, 1.807) is 0 Å². The zero-order valence-corrected chi connectivity index (χ0v) is 15.6. The summed E-state index contributed by atoms with van der Waals surface area (Å²) in [5.41, 5.74) is 0.484. The van der Waals surface area contributed by atoms with Crippen molar-refractivity contribution in [3.05, 3.63) is 48.0 Å². The van der Waals surface area contributed by atoms with Gasteiger partial charge in [0.05, 0.1) is 39.2 Å². The highest BCUT2D eigenvalue weighted by Crippen LogP contribution is 2.33. The number of hydrogen-bond acceptors (Lipinski definition) is 6. The van der Waals surface area contributed by atoms with Crippen LogP contribution in [-0.2, 0) is 9.53 Å². The first-order valence-electron chi connectivity index (χ1n) is 8.41. The molecule has 7 nitrogen and oxygen atoms in total. The van der Waals surface area contributed by atoms with Crippen molar-refractivity contribution in [3.63, 3.8) is 0 Å². The van der Waals surface area contributed by atoms with Gasteiger partial charge in [-0.2, -0.15) is 0 Å². The summed E-state index contributed by atoms with van der Waals surface area (Å²) in [6, 6.07) is 12.4. The largest absolute Gasteiger partial charge is 0.494 e. The van der Waals surface area contributed by atoms with Crippen molar-refractivity contribution in [3.8, 4) is 17.2 Å². The second-order valence-corrected chi connectivity index (χ2v) is 5.56. The number of ether oxygens (including phenoxy) is 4. The molecule has 0 bridgehead atoms. The van der Waals surface area contributed by atoms with E-state index in [-0.39, 0.29) is 17.9 Å². The highest BCUT2D eigenvalue weighted by Gasteiger charge is 2.19. The number of hydrogen-bond donors (Lipinski definition) is 1. The maximum absolute atomic E-state index is 12.3. The Balaban J connectivity index is 1.99. The fourth-order valence-corrected chi connectivity index (χ4v) is 2.41. The van der Waals surface area contributed by atoms with Gasteiger partial charge in [0.15, 0.2) is 11.5 Å². The zero-order valence-electron chi connectivity index (χ0n) is 15.6. The van der Waals surface area contributed by atoms with Crippen LogP contribution in [0.3, 0.4) is 0 Å². The molecular formula is C20H23NO6. The Hall–Kier alpha value is -3.22. The van der Waals surface area contributed by atoms with Crippen LogP contribution in [0.2, 0.25) is 0 Å². The number of nitrogens with one attached hydrogen (secondary N) is 1. The summed E-state index contributed by atoms with van der Waals surface area (Å²) in [6.07, 6.45) is 0.767. The smallest absolute Gasteiger partial charge is 0.340 e. The van der Waals surface area contributed by atoms with E-state index < -0.39 is 5.97 Å². The van der Waals surface area contributed by atoms with Crippen LogP contribution in [0.25, 0.3) is 0 Å². The van der Waals surface area contributed by atoms with Crippen molar-refractivity contribution in [2.45, 2.75) is 12.8 Å². The molecule has 0 spiro atoms. The summed E-state index contributed by atoms with van der Waals surface area (Å²) >= 11 is 0. The maximum atomic E-state index is 12.3. The van der Waals surface area contributed by atoms with Crippen molar-refractivity contribution in [2.75, 3.05) is 33.3 Å². The number of para-hydroxylation sites is 1. The van der Waals surface area contributed by atoms with Gasteiger partial charge in [0, 0.05) is 18.6 Å². The van der Waals surface area contributed by atoms with Gasteiger partial charge in [-0.25, -0.2) is 4.79 Å². The van der Waals surface area contributed by atoms with E-state index in [4.69, 9.17) is 18.9 Å². The van der Waals surface area contributed by atoms with Crippen molar-refractivity contribution in [1.29, 1.82) is 0 Å². The number of benzene rings is 2. The number of rotatable bonds is 9. The van der Waals surface area contributed by atoms with Crippen LogP contribution in [0, 0.1) is 0 Å². The molecule has 1 N–H and O–H groups in total. The molecule has 144 valence electrons. The number of methoxy groups -OCH3 is 3. The van der Waals surface area contributed by atoms with Crippen molar-refractivity contribution in [2.24, 2.45) is 0 Å². The molecule has 0 radical (unpaired) electrons. The Morgan fingerprint density at radius 2 is 1.63 bits per heavy atom. The summed E-state index contributed by atoms with van der Waals surface area (Å²) in [4.78, 5) is 24.3. The molecular weight excluding hydrogens is 350 g/mol. The van der Waals surface area contributed by atoms with E-state index in [1.165, 1.54) is 33.5 Å². The van der Waals surface area contributed by atoms with Crippen molar-refractivity contribution >= 4 is 17.6 Å². The Kier molecular flexibility index (Phi) is 7.49. The molecule has 7 heteroatoms. The van der Waals surface area contributed by atoms with Crippen molar-refractivity contribution in [1.82, 2.24) is 0 Å². The minimum atomic E-state index is -0.585. The van der Waals surface area contributed by atoms with Gasteiger partial charge in [-0.05, 0) is 18.6 Å². The minimum absolute atomic E-state index is 0.184. The molecule has 0 aromatic heterocycles. The molecule has 2 aromatic carbocycles. The Morgan fingerprint density at radius 1 is 0.963 bits per heavy atom. The van der Waals surface area contributed by atoms with Gasteiger partial charge in [-0.1, -0.05) is 18.2 Å². The monoisotopic (exact) mass is 373 g/mol. The first-order valence-corrected chi connectivity index (χ1v) is 8.41. The predicted molar refractivity (Wildman–Crippen MR) is 101 cm³/mol. The number of carbonyl (C=O) groups is 2. The lowest BCUT2D eigenvalue weighted by molar-refractivity contribution is -0.116. The van der Waals surface area contributed by atoms with E-state index >= 15 is 0 Å². The second-order valence-electron chi connectivity index (χ2n) is 5.56. The molecule has 1 amide bonds. The molecule has 0 fully saturated rings. The van der Waals surface area contributed by atoms with Crippen molar-refractivity contribution < 1.29 is 28.5 Å². The van der Waals surface area contributed by atoms with E-state index in [0.29, 0.717) is 30.2 Å². The first kappa shape index (κ1) is 20.1. The lowest BCUT2D eigenvalue weighted by Gasteiger charge is -2.14. The lowest BCUT2D eigenvalue weighted by atomic mass is 10.1. The van der Waals surface area contributed by atoms with Gasteiger partial charge in [0.25, 0.3) is 0 Å². The molecule has 0 aliphatic heterocycles. The predicted octanol–water partition coefficient (Wildman–Crippen LogP) is 3.29. The highest BCUT2D eigenvalue weighted by molar-refractivity contribution is 6.02. The van der Waals surface area contributed by atoms with Gasteiger partial charge in [0.2, 0.25) is 5.91 Å². The number of amides is 1. The van der Waals surface area contributed by atoms with Crippen LogP contribution in [-0.4, -0.2) is 39.8 Å². The molecule has 2 rings (SSSR count). The van der Waals surface area contributed by atoms with Gasteiger partial charge in [-0.15, -0.1) is 0 Å². The topological polar surface area (TPSA) is 83.1 Å². The molecule has 0 unspecified atom stereocenters. The fourth-order valence-electron chi connectivity index (χ4n) is 2.41. The molecule has 27 heavy (non-hydrogen) atoms. The summed E-state index contributed by atoms with van der Waals surface area (Å²) in [7, 11) is 4.21. The normalized spacial score (nSPS) is 10.0. The highest BCUT2D eigenvalue weighted by atomic mass is 16.5. The van der Waals surface area contributed by atoms with E-state index in [9.17, 15) is 9.59 Å². The van der Waals surface area contributed by atoms with Gasteiger partial charge < -0.3 is 24.3 Å². The van der Waals surface area contributed by atoms with Crippen LogP contribution >= 0.6 is 0 Å². The third kappa shape index (κ3) is 5.64. The molecule has 0 saturated carbocycles. The minimum Gasteiger partial charge on any atom is -0.494 e. The lowest BCUT2D eigenvalue weighted by Crippen LogP contribution is -2.16.